The van der Waals surface area contributed by atoms with Gasteiger partial charge in [0.1, 0.15) is 0 Å². The van der Waals surface area contributed by atoms with E-state index in [9.17, 15) is 13.0 Å². The summed E-state index contributed by atoms with van der Waals surface area (Å²) in [6.45, 7) is 4.53. The molecule has 0 saturated heterocycles. The second-order valence-electron chi connectivity index (χ2n) is 11.9. The van der Waals surface area contributed by atoms with Gasteiger partial charge in [0, 0.05) is 5.92 Å². The summed E-state index contributed by atoms with van der Waals surface area (Å²) in [5.74, 6) is 0.0170. The van der Waals surface area contributed by atoms with Crippen molar-refractivity contribution in [1.29, 1.82) is 0 Å². The fourth-order valence-corrected chi connectivity index (χ4v) is 5.74. The van der Waals surface area contributed by atoms with E-state index in [4.69, 9.17) is 0 Å². The molecule has 0 aromatic heterocycles. The topological polar surface area (TPSA) is 66.4 Å². The molecule has 1 atom stereocenters. The molecule has 6 heteroatoms. The van der Waals surface area contributed by atoms with Crippen molar-refractivity contribution in [3.63, 3.8) is 0 Å². The quantitative estimate of drug-likeness (QED) is 0.0251. The smallest absolute Gasteiger partial charge is 0.726 e. The van der Waals surface area contributed by atoms with Gasteiger partial charge < -0.3 is 4.55 Å². The standard InChI is InChI=1S/C34H68O4S.K/c1-3-5-7-9-11-13-15-17-19-21-23-25-27-29-31-34(33-38-39(35,36)37)32-30-28-26-24-22-20-18-16-14-12-10-8-6-4-2;/h29,31,34H,3-28,30,32-33H2,1-2H3,(H,35,36,37);/q;+1/p-1/b31-29+;. The van der Waals surface area contributed by atoms with Gasteiger partial charge in [0.15, 0.2) is 0 Å². The van der Waals surface area contributed by atoms with Gasteiger partial charge in [-0.15, -0.1) is 0 Å². The molecule has 0 bridgehead atoms. The molecule has 0 spiro atoms. The van der Waals surface area contributed by atoms with Gasteiger partial charge >= 0.3 is 51.4 Å². The predicted molar refractivity (Wildman–Crippen MR) is 169 cm³/mol. The Morgan fingerprint density at radius 1 is 0.550 bits per heavy atom. The average molecular weight is 611 g/mol. The molecule has 0 aliphatic heterocycles. The van der Waals surface area contributed by atoms with Crippen LogP contribution in [0.3, 0.4) is 0 Å². The van der Waals surface area contributed by atoms with Crippen molar-refractivity contribution < 1.29 is 68.5 Å². The van der Waals surface area contributed by atoms with Gasteiger partial charge in [-0.05, 0) is 19.3 Å². The zero-order valence-corrected chi connectivity index (χ0v) is 31.2. The van der Waals surface area contributed by atoms with E-state index in [0.717, 1.165) is 19.3 Å². The summed E-state index contributed by atoms with van der Waals surface area (Å²) < 4.78 is 37.4. The maximum absolute atomic E-state index is 10.9. The van der Waals surface area contributed by atoms with Crippen LogP contribution in [-0.4, -0.2) is 19.6 Å². The molecule has 1 unspecified atom stereocenters. The molecule has 0 aliphatic rings. The summed E-state index contributed by atoms with van der Waals surface area (Å²) in [4.78, 5) is 0. The van der Waals surface area contributed by atoms with Gasteiger partial charge in [-0.25, -0.2) is 8.42 Å². The van der Waals surface area contributed by atoms with Crippen molar-refractivity contribution in [2.24, 2.45) is 5.92 Å². The summed E-state index contributed by atoms with van der Waals surface area (Å²) in [6, 6.07) is 0. The van der Waals surface area contributed by atoms with Crippen LogP contribution in [0.4, 0.5) is 0 Å². The summed E-state index contributed by atoms with van der Waals surface area (Å²) in [7, 11) is -4.62. The van der Waals surface area contributed by atoms with Crippen LogP contribution in [0.1, 0.15) is 194 Å². The molecule has 0 heterocycles. The minimum atomic E-state index is -4.62. The Kier molecular flexibility index (Phi) is 37.7. The van der Waals surface area contributed by atoms with Crippen LogP contribution in [0, 0.1) is 5.92 Å². The number of unbranched alkanes of at least 4 members (excludes halogenated alkanes) is 25. The van der Waals surface area contributed by atoms with Crippen LogP contribution in [0.15, 0.2) is 12.2 Å². The fraction of sp³-hybridized carbons (Fsp3) is 0.941. The number of hydrogen-bond acceptors (Lipinski definition) is 4. The summed E-state index contributed by atoms with van der Waals surface area (Å²) in [5, 5.41) is 0. The summed E-state index contributed by atoms with van der Waals surface area (Å²) >= 11 is 0. The van der Waals surface area contributed by atoms with E-state index in [1.807, 2.05) is 0 Å². The second-order valence-corrected chi connectivity index (χ2v) is 13.0. The molecular formula is C34H67KO4S. The molecule has 0 rings (SSSR count). The summed E-state index contributed by atoms with van der Waals surface area (Å²) in [6.07, 6.45) is 40.9. The van der Waals surface area contributed by atoms with Gasteiger partial charge in [0.05, 0.1) is 6.61 Å². The number of rotatable bonds is 32. The third-order valence-corrected chi connectivity index (χ3v) is 8.41. The molecule has 4 nitrogen and oxygen atoms in total. The molecule has 0 aliphatic carbocycles. The van der Waals surface area contributed by atoms with Crippen LogP contribution < -0.4 is 51.4 Å². The maximum Gasteiger partial charge on any atom is 1.00 e. The minimum Gasteiger partial charge on any atom is -0.726 e. The van der Waals surface area contributed by atoms with Crippen LogP contribution in [-0.2, 0) is 14.6 Å². The Bertz CT molecular complexity index is 609. The summed E-state index contributed by atoms with van der Waals surface area (Å²) in [5.41, 5.74) is 0. The molecule has 0 radical (unpaired) electrons. The molecule has 0 N–H and O–H groups in total. The predicted octanol–water partition coefficient (Wildman–Crippen LogP) is 8.60. The first-order chi connectivity index (χ1) is 19.0. The Morgan fingerprint density at radius 2 is 0.875 bits per heavy atom. The number of allylic oxidation sites excluding steroid dienone is 1. The van der Waals surface area contributed by atoms with E-state index in [0.29, 0.717) is 0 Å². The van der Waals surface area contributed by atoms with Gasteiger partial charge in [-0.3, -0.25) is 4.18 Å². The molecule has 0 fully saturated rings. The van der Waals surface area contributed by atoms with Crippen molar-refractivity contribution in [2.75, 3.05) is 6.61 Å². The van der Waals surface area contributed by atoms with Crippen LogP contribution in [0.5, 0.6) is 0 Å². The molecule has 0 aromatic rings. The molecule has 0 saturated carbocycles. The van der Waals surface area contributed by atoms with Gasteiger partial charge in [0.25, 0.3) is 0 Å². The van der Waals surface area contributed by atoms with E-state index in [-0.39, 0.29) is 63.9 Å². The van der Waals surface area contributed by atoms with E-state index < -0.39 is 10.4 Å². The first-order valence-electron chi connectivity index (χ1n) is 17.3. The Hall–Kier alpha value is 1.25. The van der Waals surface area contributed by atoms with Gasteiger partial charge in [-0.2, -0.15) is 0 Å². The van der Waals surface area contributed by atoms with Gasteiger partial charge in [-0.1, -0.05) is 187 Å². The first kappa shape index (κ1) is 43.4. The molecule has 234 valence electrons. The van der Waals surface area contributed by atoms with E-state index in [1.54, 1.807) is 0 Å². The van der Waals surface area contributed by atoms with Crippen molar-refractivity contribution >= 4 is 10.4 Å². The maximum atomic E-state index is 10.9. The van der Waals surface area contributed by atoms with Crippen molar-refractivity contribution in [2.45, 2.75) is 194 Å². The van der Waals surface area contributed by atoms with Gasteiger partial charge in [0.2, 0.25) is 10.4 Å². The third-order valence-electron chi connectivity index (χ3n) is 7.99. The zero-order valence-electron chi connectivity index (χ0n) is 27.3. The fourth-order valence-electron chi connectivity index (χ4n) is 5.40. The van der Waals surface area contributed by atoms with Crippen molar-refractivity contribution in [3.8, 4) is 0 Å². The molecular weight excluding hydrogens is 544 g/mol. The normalized spacial score (nSPS) is 12.7. The molecule has 0 amide bonds. The largest absolute Gasteiger partial charge is 1.00 e. The van der Waals surface area contributed by atoms with Crippen molar-refractivity contribution in [1.82, 2.24) is 0 Å². The van der Waals surface area contributed by atoms with E-state index >= 15 is 0 Å². The van der Waals surface area contributed by atoms with Crippen LogP contribution in [0.2, 0.25) is 0 Å². The minimum absolute atomic E-state index is 0. The van der Waals surface area contributed by atoms with E-state index in [1.165, 1.54) is 161 Å². The number of hydrogen-bond donors (Lipinski definition) is 0. The Morgan fingerprint density at radius 3 is 1.23 bits per heavy atom. The van der Waals surface area contributed by atoms with Crippen molar-refractivity contribution in [3.05, 3.63) is 12.2 Å². The van der Waals surface area contributed by atoms with Crippen LogP contribution in [0.25, 0.3) is 0 Å². The monoisotopic (exact) mass is 610 g/mol. The Labute approximate surface area is 294 Å². The van der Waals surface area contributed by atoms with Crippen LogP contribution >= 0.6 is 0 Å². The van der Waals surface area contributed by atoms with E-state index in [2.05, 4.69) is 30.2 Å². The second kappa shape index (κ2) is 34.7. The zero-order chi connectivity index (χ0) is 28.7. The third kappa shape index (κ3) is 37.3. The first-order valence-corrected chi connectivity index (χ1v) is 18.6. The SMILES string of the molecule is CCCCCCCCCCCCCC/C=C/C(CCCCCCCCCCCCCCCC)COS(=O)(=O)[O-].[K+]. The molecule has 0 aromatic carbocycles. The Balaban J connectivity index is 0. The average Bonchev–Trinajstić information content (AvgIpc) is 2.91. The molecule has 40 heavy (non-hydrogen) atoms.